The quantitative estimate of drug-likeness (QED) is 0.503. The van der Waals surface area contributed by atoms with Crippen LogP contribution < -0.4 is 5.43 Å². The van der Waals surface area contributed by atoms with Crippen molar-refractivity contribution in [3.8, 4) is 0 Å². The molecule has 1 rings (SSSR count). The van der Waals surface area contributed by atoms with Gasteiger partial charge in [-0.25, -0.2) is 0 Å². The molecular formula is C13H12F6N2O. The number of hydrogen-bond acceptors (Lipinski definition) is 3. The average Bonchev–Trinajstić information content (AvgIpc) is 2.36. The first-order valence-corrected chi connectivity index (χ1v) is 6.08. The number of rotatable bonds is 4. The summed E-state index contributed by atoms with van der Waals surface area (Å²) in [6.45, 7) is 2.77. The fourth-order valence-corrected chi connectivity index (χ4v) is 1.56. The summed E-state index contributed by atoms with van der Waals surface area (Å²) in [5.74, 6) is -0.432. The third-order valence-electron chi connectivity index (χ3n) is 2.65. The summed E-state index contributed by atoms with van der Waals surface area (Å²) in [5.41, 5.74) is -1.35. The number of carbonyl (C=O) groups excluding carboxylic acids is 1. The van der Waals surface area contributed by atoms with Gasteiger partial charge in [0.15, 0.2) is 5.78 Å². The molecule has 0 amide bonds. The Morgan fingerprint density at radius 2 is 1.50 bits per heavy atom. The molecule has 122 valence electrons. The van der Waals surface area contributed by atoms with Crippen molar-refractivity contribution in [2.75, 3.05) is 5.43 Å². The standard InChI is InChI=1S/C13H12F6N2O/c1-3-11(7(2)22)21-20-10-5-8(12(14,15)16)4-9(6-10)13(17,18)19/h4-6,20H,3H2,1-2H3. The van der Waals surface area contributed by atoms with E-state index in [1.807, 2.05) is 0 Å². The molecule has 0 saturated carbocycles. The lowest BCUT2D eigenvalue weighted by molar-refractivity contribution is -0.143. The predicted molar refractivity (Wildman–Crippen MR) is 68.5 cm³/mol. The molecule has 0 aliphatic rings. The molecule has 0 atom stereocenters. The van der Waals surface area contributed by atoms with Gasteiger partial charge < -0.3 is 0 Å². The molecule has 22 heavy (non-hydrogen) atoms. The minimum atomic E-state index is -4.93. The smallest absolute Gasteiger partial charge is 0.293 e. The van der Waals surface area contributed by atoms with Crippen LogP contribution in [-0.4, -0.2) is 11.5 Å². The number of carbonyl (C=O) groups is 1. The number of alkyl halides is 6. The first-order chi connectivity index (χ1) is 9.95. The van der Waals surface area contributed by atoms with Gasteiger partial charge in [0.25, 0.3) is 0 Å². The maximum absolute atomic E-state index is 12.6. The zero-order chi connectivity index (χ0) is 17.1. The number of hydrogen-bond donors (Lipinski definition) is 1. The van der Waals surface area contributed by atoms with E-state index in [0.29, 0.717) is 12.1 Å². The second kappa shape index (κ2) is 6.37. The summed E-state index contributed by atoms with van der Waals surface area (Å²) in [4.78, 5) is 11.1. The van der Waals surface area contributed by atoms with Crippen LogP contribution >= 0.6 is 0 Å². The Hall–Kier alpha value is -2.06. The van der Waals surface area contributed by atoms with Crippen molar-refractivity contribution in [3.05, 3.63) is 29.3 Å². The highest BCUT2D eigenvalue weighted by molar-refractivity contribution is 6.38. The van der Waals surface area contributed by atoms with E-state index < -0.39 is 35.0 Å². The van der Waals surface area contributed by atoms with Crippen LogP contribution in [0.1, 0.15) is 31.4 Å². The van der Waals surface area contributed by atoms with E-state index in [1.165, 1.54) is 6.92 Å². The van der Waals surface area contributed by atoms with Gasteiger partial charge in [0.2, 0.25) is 0 Å². The average molecular weight is 326 g/mol. The number of benzene rings is 1. The van der Waals surface area contributed by atoms with Crippen LogP contribution in [0.25, 0.3) is 0 Å². The molecule has 0 saturated heterocycles. The fourth-order valence-electron chi connectivity index (χ4n) is 1.56. The molecule has 0 unspecified atom stereocenters. The van der Waals surface area contributed by atoms with E-state index in [-0.39, 0.29) is 18.2 Å². The minimum absolute atomic E-state index is 0.00553. The van der Waals surface area contributed by atoms with Crippen LogP contribution in [-0.2, 0) is 17.1 Å². The third kappa shape index (κ3) is 4.74. The van der Waals surface area contributed by atoms with Gasteiger partial charge in [-0.1, -0.05) is 6.92 Å². The van der Waals surface area contributed by atoms with Gasteiger partial charge in [-0.2, -0.15) is 31.4 Å². The van der Waals surface area contributed by atoms with E-state index in [1.54, 1.807) is 6.92 Å². The Balaban J connectivity index is 3.27. The van der Waals surface area contributed by atoms with Crippen molar-refractivity contribution in [2.24, 2.45) is 5.10 Å². The molecule has 0 radical (unpaired) electrons. The number of halogens is 6. The SMILES string of the molecule is CCC(=NNc1cc(C(F)(F)F)cc(C(F)(F)F)c1)C(C)=O. The molecule has 0 fully saturated rings. The Kier molecular flexibility index (Phi) is 5.21. The Morgan fingerprint density at radius 3 is 1.82 bits per heavy atom. The number of anilines is 1. The fraction of sp³-hybridized carbons (Fsp3) is 0.385. The van der Waals surface area contributed by atoms with Crippen LogP contribution in [0.5, 0.6) is 0 Å². The number of nitrogens with zero attached hydrogens (tertiary/aromatic N) is 1. The number of ketones is 1. The Labute approximate surface area is 122 Å². The monoisotopic (exact) mass is 326 g/mol. The maximum atomic E-state index is 12.6. The lowest BCUT2D eigenvalue weighted by atomic mass is 10.1. The van der Waals surface area contributed by atoms with E-state index in [9.17, 15) is 31.1 Å². The molecule has 1 aromatic carbocycles. The van der Waals surface area contributed by atoms with Gasteiger partial charge >= 0.3 is 12.4 Å². The predicted octanol–water partition coefficient (Wildman–Crippen LogP) is 4.49. The van der Waals surface area contributed by atoms with Crippen molar-refractivity contribution < 1.29 is 31.1 Å². The van der Waals surface area contributed by atoms with Crippen LogP contribution in [0.3, 0.4) is 0 Å². The Bertz CT molecular complexity index is 557. The van der Waals surface area contributed by atoms with Gasteiger partial charge in [-0.05, 0) is 24.6 Å². The van der Waals surface area contributed by atoms with Crippen LogP contribution in [0.15, 0.2) is 23.3 Å². The summed E-state index contributed by atoms with van der Waals surface area (Å²) in [5, 5.41) is 3.54. The summed E-state index contributed by atoms with van der Waals surface area (Å²) in [6.07, 6.45) is -9.68. The molecule has 0 aliphatic carbocycles. The van der Waals surface area contributed by atoms with Crippen molar-refractivity contribution in [1.82, 2.24) is 0 Å². The highest BCUT2D eigenvalue weighted by Gasteiger charge is 2.36. The summed E-state index contributed by atoms with van der Waals surface area (Å²) in [6, 6.07) is 0.999. The molecule has 0 aliphatic heterocycles. The zero-order valence-electron chi connectivity index (χ0n) is 11.6. The largest absolute Gasteiger partial charge is 0.416 e. The minimum Gasteiger partial charge on any atom is -0.293 e. The first kappa shape index (κ1) is 18.0. The number of Topliss-reactive ketones (excluding diaryl/α,β-unsaturated/α-hetero) is 1. The molecule has 1 N–H and O–H groups in total. The highest BCUT2D eigenvalue weighted by atomic mass is 19.4. The van der Waals surface area contributed by atoms with E-state index in [4.69, 9.17) is 0 Å². The topological polar surface area (TPSA) is 41.5 Å². The van der Waals surface area contributed by atoms with Crippen molar-refractivity contribution >= 4 is 17.2 Å². The molecule has 0 aromatic heterocycles. The molecule has 0 heterocycles. The van der Waals surface area contributed by atoms with Gasteiger partial charge in [0.05, 0.1) is 16.8 Å². The zero-order valence-corrected chi connectivity index (χ0v) is 11.6. The molecule has 1 aromatic rings. The lowest BCUT2D eigenvalue weighted by Gasteiger charge is -2.14. The van der Waals surface area contributed by atoms with Gasteiger partial charge in [-0.15, -0.1) is 0 Å². The summed E-state index contributed by atoms with van der Waals surface area (Å²) in [7, 11) is 0. The van der Waals surface area contributed by atoms with Crippen LogP contribution in [0.4, 0.5) is 32.0 Å². The third-order valence-corrected chi connectivity index (χ3v) is 2.65. The molecule has 3 nitrogen and oxygen atoms in total. The Morgan fingerprint density at radius 1 is 1.05 bits per heavy atom. The molecule has 9 heteroatoms. The normalized spacial score (nSPS) is 13.2. The first-order valence-electron chi connectivity index (χ1n) is 6.08. The van der Waals surface area contributed by atoms with Gasteiger partial charge in [0, 0.05) is 6.92 Å². The summed E-state index contributed by atoms with van der Waals surface area (Å²) < 4.78 is 75.9. The molecular weight excluding hydrogens is 314 g/mol. The summed E-state index contributed by atoms with van der Waals surface area (Å²) >= 11 is 0. The number of hydrazone groups is 1. The molecule has 0 bridgehead atoms. The van der Waals surface area contributed by atoms with Crippen molar-refractivity contribution in [3.63, 3.8) is 0 Å². The van der Waals surface area contributed by atoms with Crippen molar-refractivity contribution in [1.29, 1.82) is 0 Å². The highest BCUT2D eigenvalue weighted by Crippen LogP contribution is 2.37. The van der Waals surface area contributed by atoms with E-state index in [0.717, 1.165) is 0 Å². The number of nitrogens with one attached hydrogen (secondary N) is 1. The van der Waals surface area contributed by atoms with Gasteiger partial charge in [0.1, 0.15) is 5.71 Å². The second-order valence-corrected chi connectivity index (χ2v) is 4.37. The van der Waals surface area contributed by atoms with E-state index >= 15 is 0 Å². The molecule has 0 spiro atoms. The van der Waals surface area contributed by atoms with Crippen molar-refractivity contribution in [2.45, 2.75) is 32.6 Å². The van der Waals surface area contributed by atoms with Crippen LogP contribution in [0.2, 0.25) is 0 Å². The maximum Gasteiger partial charge on any atom is 0.416 e. The van der Waals surface area contributed by atoms with Gasteiger partial charge in [-0.3, -0.25) is 10.2 Å². The van der Waals surface area contributed by atoms with Crippen LogP contribution in [0, 0.1) is 0 Å². The van der Waals surface area contributed by atoms with E-state index in [2.05, 4.69) is 10.5 Å². The second-order valence-electron chi connectivity index (χ2n) is 4.37. The lowest BCUT2D eigenvalue weighted by Crippen LogP contribution is -2.13.